The molecule has 3 rings (SSSR count). The Hall–Kier alpha value is -3.43. The fraction of sp³-hybridized carbons (Fsp3) is 0.0417. The lowest BCUT2D eigenvalue weighted by Gasteiger charge is -2.18. The van der Waals surface area contributed by atoms with Crippen LogP contribution in [0.1, 0.15) is 10.8 Å². The zero-order valence-corrected chi connectivity index (χ0v) is 19.4. The van der Waals surface area contributed by atoms with Gasteiger partial charge in [-0.3, -0.25) is 9.59 Å². The Labute approximate surface area is 202 Å². The SMILES string of the molecule is O=C(O)/C=C/C(=O)Nc1ccc(SC(C(=O)Nc2ccc(Br)cc2F)c2ccccc2)cc1. The van der Waals surface area contributed by atoms with Gasteiger partial charge in [0.25, 0.3) is 0 Å². The third kappa shape index (κ3) is 7.30. The van der Waals surface area contributed by atoms with Gasteiger partial charge in [-0.15, -0.1) is 11.8 Å². The predicted octanol–water partition coefficient (Wildman–Crippen LogP) is 5.64. The molecule has 0 saturated carbocycles. The molecule has 3 N–H and O–H groups in total. The summed E-state index contributed by atoms with van der Waals surface area (Å²) in [7, 11) is 0. The van der Waals surface area contributed by atoms with E-state index in [-0.39, 0.29) is 11.6 Å². The lowest BCUT2D eigenvalue weighted by Crippen LogP contribution is -2.19. The average molecular weight is 529 g/mol. The molecule has 0 aliphatic heterocycles. The van der Waals surface area contributed by atoms with E-state index in [9.17, 15) is 18.8 Å². The first kappa shape index (κ1) is 24.2. The minimum atomic E-state index is -1.22. The molecule has 0 aliphatic carbocycles. The summed E-state index contributed by atoms with van der Waals surface area (Å²) in [6.45, 7) is 0. The molecule has 0 bridgehead atoms. The zero-order valence-electron chi connectivity index (χ0n) is 17.0. The van der Waals surface area contributed by atoms with Gasteiger partial charge in [-0.1, -0.05) is 46.3 Å². The highest BCUT2D eigenvalue weighted by molar-refractivity contribution is 9.10. The Kier molecular flexibility index (Phi) is 8.39. The van der Waals surface area contributed by atoms with E-state index in [1.807, 2.05) is 30.3 Å². The number of hydrogen-bond acceptors (Lipinski definition) is 4. The van der Waals surface area contributed by atoms with E-state index in [1.54, 1.807) is 30.3 Å². The second-order valence-electron chi connectivity index (χ2n) is 6.71. The number of thioether (sulfide) groups is 1. The van der Waals surface area contributed by atoms with Crippen LogP contribution in [0.2, 0.25) is 0 Å². The topological polar surface area (TPSA) is 95.5 Å². The lowest BCUT2D eigenvalue weighted by atomic mass is 10.1. The van der Waals surface area contributed by atoms with E-state index < -0.39 is 22.9 Å². The molecule has 0 heterocycles. The van der Waals surface area contributed by atoms with E-state index in [4.69, 9.17) is 5.11 Å². The van der Waals surface area contributed by atoms with Crippen LogP contribution in [0.3, 0.4) is 0 Å². The molecule has 1 unspecified atom stereocenters. The number of amides is 2. The Morgan fingerprint density at radius 1 is 0.939 bits per heavy atom. The molecule has 0 radical (unpaired) electrons. The minimum absolute atomic E-state index is 0.0807. The lowest BCUT2D eigenvalue weighted by molar-refractivity contribution is -0.131. The number of carbonyl (C=O) groups excluding carboxylic acids is 2. The molecule has 0 saturated heterocycles. The standard InChI is InChI=1S/C24H18BrFN2O4S/c25-16-6-11-20(19(26)14-16)28-24(32)23(15-4-2-1-3-5-15)33-18-9-7-17(8-10-18)27-21(29)12-13-22(30)31/h1-14,23H,(H,27,29)(H,28,32)(H,30,31)/b13-12+. The molecular weight excluding hydrogens is 511 g/mol. The number of rotatable bonds is 8. The zero-order chi connectivity index (χ0) is 23.8. The van der Waals surface area contributed by atoms with Gasteiger partial charge in [-0.25, -0.2) is 9.18 Å². The molecule has 168 valence electrons. The average Bonchev–Trinajstić information content (AvgIpc) is 2.79. The van der Waals surface area contributed by atoms with Crippen molar-refractivity contribution in [3.8, 4) is 0 Å². The number of carboxylic acid groups (broad SMARTS) is 1. The number of anilines is 2. The van der Waals surface area contributed by atoms with Crippen molar-refractivity contribution in [1.82, 2.24) is 0 Å². The van der Waals surface area contributed by atoms with Gasteiger partial charge < -0.3 is 15.7 Å². The Balaban J connectivity index is 1.76. The number of benzene rings is 3. The van der Waals surface area contributed by atoms with Gasteiger partial charge in [0.2, 0.25) is 11.8 Å². The molecule has 0 aliphatic rings. The van der Waals surface area contributed by atoms with Gasteiger partial charge in [0.1, 0.15) is 11.1 Å². The Bertz CT molecular complexity index is 1190. The fourth-order valence-corrected chi connectivity index (χ4v) is 4.13. The van der Waals surface area contributed by atoms with Crippen molar-refractivity contribution in [3.63, 3.8) is 0 Å². The maximum atomic E-state index is 14.2. The van der Waals surface area contributed by atoms with Crippen LogP contribution in [0.25, 0.3) is 0 Å². The van der Waals surface area contributed by atoms with Gasteiger partial charge in [0.05, 0.1) is 5.69 Å². The maximum absolute atomic E-state index is 14.2. The molecule has 6 nitrogen and oxygen atoms in total. The Morgan fingerprint density at radius 2 is 1.64 bits per heavy atom. The number of hydrogen-bond donors (Lipinski definition) is 3. The molecule has 9 heteroatoms. The number of aliphatic carboxylic acids is 1. The van der Waals surface area contributed by atoms with Gasteiger partial charge in [-0.05, 0) is 48.0 Å². The molecule has 33 heavy (non-hydrogen) atoms. The second-order valence-corrected chi connectivity index (χ2v) is 8.80. The largest absolute Gasteiger partial charge is 0.478 e. The molecular formula is C24H18BrFN2O4S. The van der Waals surface area contributed by atoms with Crippen LogP contribution in [-0.4, -0.2) is 22.9 Å². The highest BCUT2D eigenvalue weighted by Gasteiger charge is 2.23. The van der Waals surface area contributed by atoms with E-state index in [2.05, 4.69) is 26.6 Å². The van der Waals surface area contributed by atoms with Crippen LogP contribution in [-0.2, 0) is 14.4 Å². The van der Waals surface area contributed by atoms with E-state index in [1.165, 1.54) is 23.9 Å². The Morgan fingerprint density at radius 3 is 2.27 bits per heavy atom. The molecule has 3 aromatic rings. The van der Waals surface area contributed by atoms with E-state index in [0.29, 0.717) is 10.2 Å². The highest BCUT2D eigenvalue weighted by atomic mass is 79.9. The molecule has 2 amide bonds. The summed E-state index contributed by atoms with van der Waals surface area (Å²) in [5.74, 6) is -2.73. The van der Waals surface area contributed by atoms with Crippen molar-refractivity contribution in [2.75, 3.05) is 10.6 Å². The van der Waals surface area contributed by atoms with Gasteiger partial charge in [-0.2, -0.15) is 0 Å². The normalized spacial score (nSPS) is 11.7. The molecule has 1 atom stereocenters. The van der Waals surface area contributed by atoms with Crippen molar-refractivity contribution in [2.45, 2.75) is 10.1 Å². The first-order valence-corrected chi connectivity index (χ1v) is 11.3. The third-order valence-corrected chi connectivity index (χ3v) is 6.04. The monoisotopic (exact) mass is 528 g/mol. The molecule has 0 fully saturated rings. The summed E-state index contributed by atoms with van der Waals surface area (Å²) in [4.78, 5) is 36.0. The summed E-state index contributed by atoms with van der Waals surface area (Å²) in [6, 6.07) is 20.3. The summed E-state index contributed by atoms with van der Waals surface area (Å²) >= 11 is 4.47. The first-order valence-electron chi connectivity index (χ1n) is 9.61. The maximum Gasteiger partial charge on any atom is 0.328 e. The number of carboxylic acids is 1. The van der Waals surface area contributed by atoms with Crippen molar-refractivity contribution in [3.05, 3.63) is 101 Å². The van der Waals surface area contributed by atoms with Crippen LogP contribution in [0, 0.1) is 5.82 Å². The molecule has 3 aromatic carbocycles. The smallest absolute Gasteiger partial charge is 0.328 e. The predicted molar refractivity (Wildman–Crippen MR) is 130 cm³/mol. The molecule has 0 aromatic heterocycles. The van der Waals surface area contributed by atoms with Gasteiger partial charge in [0, 0.05) is 27.2 Å². The van der Waals surface area contributed by atoms with E-state index >= 15 is 0 Å². The number of carbonyl (C=O) groups is 3. The van der Waals surface area contributed by atoms with Crippen molar-refractivity contribution < 1.29 is 23.9 Å². The van der Waals surface area contributed by atoms with Crippen LogP contribution in [0.4, 0.5) is 15.8 Å². The van der Waals surface area contributed by atoms with Crippen molar-refractivity contribution >= 4 is 56.9 Å². The summed E-state index contributed by atoms with van der Waals surface area (Å²) < 4.78 is 14.8. The van der Waals surface area contributed by atoms with Crippen LogP contribution in [0.5, 0.6) is 0 Å². The summed E-state index contributed by atoms with van der Waals surface area (Å²) in [5, 5.41) is 13.1. The van der Waals surface area contributed by atoms with Crippen LogP contribution >= 0.6 is 27.7 Å². The van der Waals surface area contributed by atoms with E-state index in [0.717, 1.165) is 22.6 Å². The quantitative estimate of drug-likeness (QED) is 0.259. The number of halogens is 2. The first-order chi connectivity index (χ1) is 15.8. The minimum Gasteiger partial charge on any atom is -0.478 e. The third-order valence-electron chi connectivity index (χ3n) is 4.28. The van der Waals surface area contributed by atoms with Crippen molar-refractivity contribution in [2.24, 2.45) is 0 Å². The molecule has 0 spiro atoms. The van der Waals surface area contributed by atoms with Crippen LogP contribution in [0.15, 0.2) is 94.3 Å². The fourth-order valence-electron chi connectivity index (χ4n) is 2.77. The van der Waals surface area contributed by atoms with Crippen LogP contribution < -0.4 is 10.6 Å². The van der Waals surface area contributed by atoms with Crippen molar-refractivity contribution in [1.29, 1.82) is 0 Å². The summed E-state index contributed by atoms with van der Waals surface area (Å²) in [6.07, 6.45) is 1.67. The second kappa shape index (κ2) is 11.4. The summed E-state index contributed by atoms with van der Waals surface area (Å²) in [5.41, 5.74) is 1.29. The van der Waals surface area contributed by atoms with Gasteiger partial charge in [0.15, 0.2) is 0 Å². The van der Waals surface area contributed by atoms with Gasteiger partial charge >= 0.3 is 5.97 Å². The number of nitrogens with one attached hydrogen (secondary N) is 2. The highest BCUT2D eigenvalue weighted by Crippen LogP contribution is 2.37.